The van der Waals surface area contributed by atoms with Gasteiger partial charge >= 0.3 is 0 Å². The molecule has 2 aliphatic rings. The minimum Gasteiger partial charge on any atom is -0.353 e. The van der Waals surface area contributed by atoms with E-state index in [-0.39, 0.29) is 17.7 Å². The molecule has 0 spiro atoms. The number of hydrogen-bond donors (Lipinski definition) is 2. The van der Waals surface area contributed by atoms with E-state index < -0.39 is 0 Å². The van der Waals surface area contributed by atoms with Gasteiger partial charge in [0.25, 0.3) is 5.91 Å². The molecule has 5 nitrogen and oxygen atoms in total. The molecule has 2 N–H and O–H groups in total. The minimum absolute atomic E-state index is 0.0992. The molecule has 2 heterocycles. The molecule has 0 radical (unpaired) electrons. The Kier molecular flexibility index (Phi) is 5.39. The zero-order valence-corrected chi connectivity index (χ0v) is 16.2. The summed E-state index contributed by atoms with van der Waals surface area (Å²) in [4.78, 5) is 30.6. The van der Waals surface area contributed by atoms with Crippen molar-refractivity contribution in [2.45, 2.75) is 51.0 Å². The third kappa shape index (κ3) is 3.84. The molecule has 27 heavy (non-hydrogen) atoms. The van der Waals surface area contributed by atoms with Crippen LogP contribution in [-0.2, 0) is 4.79 Å². The number of amides is 2. The van der Waals surface area contributed by atoms with Gasteiger partial charge in [0, 0.05) is 30.0 Å². The first-order valence-electron chi connectivity index (χ1n) is 9.99. The van der Waals surface area contributed by atoms with Crippen LogP contribution in [0.15, 0.2) is 24.3 Å². The van der Waals surface area contributed by atoms with Crippen molar-refractivity contribution in [2.24, 2.45) is 5.92 Å². The summed E-state index contributed by atoms with van der Waals surface area (Å²) in [6.07, 6.45) is 7.48. The SMILES string of the molecule is O=C(NC1CCCCC1)C1CCCN(C(=O)c2[nH]c3ccccc3c2Cl)C1. The number of H-pyrrole nitrogens is 1. The molecule has 1 aromatic carbocycles. The van der Waals surface area contributed by atoms with Crippen molar-refractivity contribution in [3.63, 3.8) is 0 Å². The monoisotopic (exact) mass is 387 g/mol. The van der Waals surface area contributed by atoms with Crippen LogP contribution < -0.4 is 5.32 Å². The fraction of sp³-hybridized carbons (Fsp3) is 0.524. The molecule has 2 fully saturated rings. The number of piperidine rings is 1. The number of benzene rings is 1. The third-order valence-electron chi connectivity index (χ3n) is 5.89. The zero-order chi connectivity index (χ0) is 18.8. The van der Waals surface area contributed by atoms with E-state index >= 15 is 0 Å². The van der Waals surface area contributed by atoms with E-state index in [1.54, 1.807) is 4.90 Å². The number of rotatable bonds is 3. The number of likely N-dealkylation sites (tertiary alicyclic amines) is 1. The van der Waals surface area contributed by atoms with E-state index in [9.17, 15) is 9.59 Å². The van der Waals surface area contributed by atoms with E-state index in [1.165, 1.54) is 19.3 Å². The van der Waals surface area contributed by atoms with Gasteiger partial charge in [-0.15, -0.1) is 0 Å². The second-order valence-corrected chi connectivity index (χ2v) is 8.17. The van der Waals surface area contributed by atoms with E-state index in [4.69, 9.17) is 11.6 Å². The molecule has 1 saturated carbocycles. The fourth-order valence-corrected chi connectivity index (χ4v) is 4.65. The van der Waals surface area contributed by atoms with Gasteiger partial charge in [0.2, 0.25) is 5.91 Å². The van der Waals surface area contributed by atoms with Gasteiger partial charge in [0.1, 0.15) is 5.69 Å². The standard InChI is InChI=1S/C21H26ClN3O2/c22-18-16-10-4-5-11-17(16)24-19(18)21(27)25-12-6-7-14(13-25)20(26)23-15-8-2-1-3-9-15/h4-5,10-11,14-15,24H,1-3,6-9,12-13H2,(H,23,26). The van der Waals surface area contributed by atoms with Crippen LogP contribution in [0.1, 0.15) is 55.4 Å². The number of para-hydroxylation sites is 1. The number of carbonyl (C=O) groups excluding carboxylic acids is 2. The van der Waals surface area contributed by atoms with Gasteiger partial charge in [0.15, 0.2) is 0 Å². The molecule has 1 saturated heterocycles. The highest BCUT2D eigenvalue weighted by Gasteiger charge is 2.31. The zero-order valence-electron chi connectivity index (χ0n) is 15.5. The Labute approximate surface area is 164 Å². The average molecular weight is 388 g/mol. The molecule has 2 aromatic rings. The summed E-state index contributed by atoms with van der Waals surface area (Å²) in [5.41, 5.74) is 1.28. The average Bonchev–Trinajstić information content (AvgIpc) is 3.05. The lowest BCUT2D eigenvalue weighted by atomic mass is 9.93. The topological polar surface area (TPSA) is 65.2 Å². The maximum Gasteiger partial charge on any atom is 0.271 e. The molecule has 1 aliphatic carbocycles. The van der Waals surface area contributed by atoms with Crippen LogP contribution in [0.4, 0.5) is 0 Å². The smallest absolute Gasteiger partial charge is 0.271 e. The van der Waals surface area contributed by atoms with Gasteiger partial charge in [-0.3, -0.25) is 9.59 Å². The predicted octanol–water partition coefficient (Wildman–Crippen LogP) is 4.12. The van der Waals surface area contributed by atoms with Crippen molar-refractivity contribution in [3.8, 4) is 0 Å². The maximum atomic E-state index is 13.0. The van der Waals surface area contributed by atoms with E-state index in [0.29, 0.717) is 29.8 Å². The maximum absolute atomic E-state index is 13.0. The van der Waals surface area contributed by atoms with Crippen LogP contribution in [-0.4, -0.2) is 40.8 Å². The molecular weight excluding hydrogens is 362 g/mol. The predicted molar refractivity (Wildman–Crippen MR) is 107 cm³/mol. The quantitative estimate of drug-likeness (QED) is 0.831. The van der Waals surface area contributed by atoms with Gasteiger partial charge < -0.3 is 15.2 Å². The fourth-order valence-electron chi connectivity index (χ4n) is 4.35. The van der Waals surface area contributed by atoms with Gasteiger partial charge in [-0.1, -0.05) is 49.1 Å². The molecule has 1 aliphatic heterocycles. The summed E-state index contributed by atoms with van der Waals surface area (Å²) in [7, 11) is 0. The van der Waals surface area contributed by atoms with Gasteiger partial charge in [-0.25, -0.2) is 0 Å². The van der Waals surface area contributed by atoms with Crippen LogP contribution in [0.3, 0.4) is 0 Å². The largest absolute Gasteiger partial charge is 0.353 e. The Hall–Kier alpha value is -2.01. The molecule has 1 unspecified atom stereocenters. The Balaban J connectivity index is 1.44. The number of nitrogens with zero attached hydrogens (tertiary/aromatic N) is 1. The molecule has 0 bridgehead atoms. The molecular formula is C21H26ClN3O2. The van der Waals surface area contributed by atoms with E-state index in [0.717, 1.165) is 36.6 Å². The number of fused-ring (bicyclic) bond motifs is 1. The van der Waals surface area contributed by atoms with Crippen molar-refractivity contribution >= 4 is 34.3 Å². The van der Waals surface area contributed by atoms with Crippen LogP contribution in [0.5, 0.6) is 0 Å². The van der Waals surface area contributed by atoms with Crippen LogP contribution in [0, 0.1) is 5.92 Å². The molecule has 6 heteroatoms. The summed E-state index contributed by atoms with van der Waals surface area (Å²) in [5, 5.41) is 4.53. The lowest BCUT2D eigenvalue weighted by Gasteiger charge is -2.33. The number of carbonyl (C=O) groups is 2. The lowest BCUT2D eigenvalue weighted by Crippen LogP contribution is -2.48. The Morgan fingerprint density at radius 3 is 2.63 bits per heavy atom. The summed E-state index contributed by atoms with van der Waals surface area (Å²) >= 11 is 6.44. The van der Waals surface area contributed by atoms with Crippen LogP contribution in [0.2, 0.25) is 5.02 Å². The Bertz CT molecular complexity index is 841. The normalized spacial score (nSPS) is 21.4. The van der Waals surface area contributed by atoms with Crippen molar-refractivity contribution in [1.82, 2.24) is 15.2 Å². The molecule has 2 amide bonds. The number of halogens is 1. The van der Waals surface area contributed by atoms with Gasteiger partial charge in [-0.05, 0) is 31.7 Å². The summed E-state index contributed by atoms with van der Waals surface area (Å²) in [6, 6.07) is 7.94. The third-order valence-corrected chi connectivity index (χ3v) is 6.28. The highest BCUT2D eigenvalue weighted by molar-refractivity contribution is 6.38. The molecule has 1 atom stereocenters. The molecule has 4 rings (SSSR count). The van der Waals surface area contributed by atoms with E-state index in [1.807, 2.05) is 24.3 Å². The van der Waals surface area contributed by atoms with Crippen LogP contribution >= 0.6 is 11.6 Å². The van der Waals surface area contributed by atoms with Crippen LogP contribution in [0.25, 0.3) is 10.9 Å². The number of aromatic nitrogens is 1. The second kappa shape index (κ2) is 7.93. The summed E-state index contributed by atoms with van der Waals surface area (Å²) in [6.45, 7) is 1.13. The first kappa shape index (κ1) is 18.4. The van der Waals surface area contributed by atoms with Gasteiger partial charge in [0.05, 0.1) is 10.9 Å². The van der Waals surface area contributed by atoms with E-state index in [2.05, 4.69) is 10.3 Å². The Morgan fingerprint density at radius 2 is 1.85 bits per heavy atom. The van der Waals surface area contributed by atoms with Crippen molar-refractivity contribution in [2.75, 3.05) is 13.1 Å². The number of hydrogen-bond acceptors (Lipinski definition) is 2. The Morgan fingerprint density at radius 1 is 1.07 bits per heavy atom. The minimum atomic E-state index is -0.132. The van der Waals surface area contributed by atoms with Crippen molar-refractivity contribution < 1.29 is 9.59 Å². The first-order valence-corrected chi connectivity index (χ1v) is 10.4. The van der Waals surface area contributed by atoms with Crippen molar-refractivity contribution in [1.29, 1.82) is 0 Å². The highest BCUT2D eigenvalue weighted by atomic mass is 35.5. The summed E-state index contributed by atoms with van der Waals surface area (Å²) in [5.74, 6) is -0.152. The van der Waals surface area contributed by atoms with Gasteiger partial charge in [-0.2, -0.15) is 0 Å². The molecule has 144 valence electrons. The second-order valence-electron chi connectivity index (χ2n) is 7.79. The number of nitrogens with one attached hydrogen (secondary N) is 2. The lowest BCUT2D eigenvalue weighted by molar-refractivity contribution is -0.127. The number of aromatic amines is 1. The first-order chi connectivity index (χ1) is 13.1. The van der Waals surface area contributed by atoms with Crippen molar-refractivity contribution in [3.05, 3.63) is 35.0 Å². The molecule has 1 aromatic heterocycles. The summed E-state index contributed by atoms with van der Waals surface area (Å²) < 4.78 is 0. The highest BCUT2D eigenvalue weighted by Crippen LogP contribution is 2.29.